The Hall–Kier alpha value is -0.550. The molecule has 0 saturated carbocycles. The van der Waals surface area contributed by atoms with Gasteiger partial charge < -0.3 is 4.74 Å². The average molecular weight is 396 g/mol. The number of aryl methyl sites for hydroxylation is 1. The van der Waals surface area contributed by atoms with Crippen LogP contribution in [0.25, 0.3) is 0 Å². The van der Waals surface area contributed by atoms with Crippen LogP contribution in [0, 0.1) is 0 Å². The molecule has 0 unspecified atom stereocenters. The summed E-state index contributed by atoms with van der Waals surface area (Å²) >= 11 is 21.4. The first-order chi connectivity index (χ1) is 9.49. The third-order valence-corrected chi connectivity index (χ3v) is 4.07. The normalized spacial score (nSPS) is 10.7. The summed E-state index contributed by atoms with van der Waals surface area (Å²) in [6.45, 7) is 2.04. The SMILES string of the molecule is CCCc1nc(Cl)cc(Oc2cc(Cl)c(Br)cc2Cl)n1. The Labute approximate surface area is 140 Å². The summed E-state index contributed by atoms with van der Waals surface area (Å²) in [6, 6.07) is 4.81. The molecule has 2 aromatic rings. The second-order valence-corrected chi connectivity index (χ2v) is 6.05. The molecule has 1 aromatic carbocycles. The molecular formula is C13H10BrCl3N2O. The van der Waals surface area contributed by atoms with Crippen LogP contribution in [-0.4, -0.2) is 9.97 Å². The molecule has 3 nitrogen and oxygen atoms in total. The number of ether oxygens (including phenoxy) is 1. The van der Waals surface area contributed by atoms with Crippen LogP contribution in [0.1, 0.15) is 19.2 Å². The van der Waals surface area contributed by atoms with Crippen molar-refractivity contribution in [2.45, 2.75) is 19.8 Å². The molecule has 106 valence electrons. The van der Waals surface area contributed by atoms with Crippen LogP contribution in [0.15, 0.2) is 22.7 Å². The van der Waals surface area contributed by atoms with Crippen molar-refractivity contribution in [3.05, 3.63) is 43.7 Å². The highest BCUT2D eigenvalue weighted by atomic mass is 79.9. The molecule has 0 radical (unpaired) electrons. The summed E-state index contributed by atoms with van der Waals surface area (Å²) in [6.07, 6.45) is 1.65. The summed E-state index contributed by atoms with van der Waals surface area (Å²) in [5, 5.41) is 1.25. The van der Waals surface area contributed by atoms with Crippen molar-refractivity contribution in [3.63, 3.8) is 0 Å². The van der Waals surface area contributed by atoms with E-state index in [1.54, 1.807) is 12.1 Å². The highest BCUT2D eigenvalue weighted by Gasteiger charge is 2.10. The van der Waals surface area contributed by atoms with E-state index < -0.39 is 0 Å². The monoisotopic (exact) mass is 394 g/mol. The molecule has 1 heterocycles. The Morgan fingerprint density at radius 1 is 1.10 bits per heavy atom. The molecule has 0 saturated heterocycles. The van der Waals surface area contributed by atoms with Crippen LogP contribution in [0.3, 0.4) is 0 Å². The molecule has 20 heavy (non-hydrogen) atoms. The zero-order chi connectivity index (χ0) is 14.7. The van der Waals surface area contributed by atoms with E-state index in [1.807, 2.05) is 6.92 Å². The molecule has 0 N–H and O–H groups in total. The summed E-state index contributed by atoms with van der Waals surface area (Å²) in [5.41, 5.74) is 0. The van der Waals surface area contributed by atoms with Gasteiger partial charge >= 0.3 is 0 Å². The fourth-order valence-corrected chi connectivity index (χ4v) is 2.55. The summed E-state index contributed by atoms with van der Waals surface area (Å²) < 4.78 is 6.34. The predicted octanol–water partition coefficient (Wildman–Crippen LogP) is 5.94. The predicted molar refractivity (Wildman–Crippen MR) is 85.3 cm³/mol. The minimum absolute atomic E-state index is 0.331. The van der Waals surface area contributed by atoms with Gasteiger partial charge in [-0.25, -0.2) is 4.98 Å². The van der Waals surface area contributed by atoms with Gasteiger partial charge in [-0.05, 0) is 28.4 Å². The minimum atomic E-state index is 0.331. The van der Waals surface area contributed by atoms with Gasteiger partial charge in [0.2, 0.25) is 5.88 Å². The van der Waals surface area contributed by atoms with Gasteiger partial charge in [0.25, 0.3) is 0 Å². The van der Waals surface area contributed by atoms with E-state index in [9.17, 15) is 0 Å². The molecule has 0 aliphatic rings. The number of hydrogen-bond acceptors (Lipinski definition) is 3. The van der Waals surface area contributed by atoms with E-state index in [1.165, 1.54) is 6.07 Å². The van der Waals surface area contributed by atoms with Crippen LogP contribution < -0.4 is 4.74 Å². The van der Waals surface area contributed by atoms with Crippen molar-refractivity contribution in [1.82, 2.24) is 9.97 Å². The van der Waals surface area contributed by atoms with Crippen LogP contribution in [0.4, 0.5) is 0 Å². The molecule has 0 amide bonds. The quantitative estimate of drug-likeness (QED) is 0.474. The molecule has 0 aliphatic heterocycles. The molecule has 0 spiro atoms. The fourth-order valence-electron chi connectivity index (χ4n) is 1.52. The summed E-state index contributed by atoms with van der Waals surface area (Å²) in [4.78, 5) is 8.41. The van der Waals surface area contributed by atoms with Crippen molar-refractivity contribution < 1.29 is 4.74 Å². The Morgan fingerprint density at radius 3 is 2.55 bits per heavy atom. The molecule has 1 aromatic heterocycles. The van der Waals surface area contributed by atoms with Gasteiger partial charge in [-0.3, -0.25) is 0 Å². The Kier molecular flexibility index (Phi) is 5.49. The number of rotatable bonds is 4. The van der Waals surface area contributed by atoms with Gasteiger partial charge in [-0.2, -0.15) is 4.98 Å². The van der Waals surface area contributed by atoms with E-state index in [4.69, 9.17) is 39.5 Å². The van der Waals surface area contributed by atoms with Gasteiger partial charge in [0, 0.05) is 23.0 Å². The molecular weight excluding hydrogens is 386 g/mol. The van der Waals surface area contributed by atoms with Crippen molar-refractivity contribution >= 4 is 50.7 Å². The number of benzene rings is 1. The van der Waals surface area contributed by atoms with E-state index in [-0.39, 0.29) is 0 Å². The highest BCUT2D eigenvalue weighted by molar-refractivity contribution is 9.10. The summed E-state index contributed by atoms with van der Waals surface area (Å²) in [5.74, 6) is 1.39. The maximum Gasteiger partial charge on any atom is 0.224 e. The van der Waals surface area contributed by atoms with E-state index in [0.29, 0.717) is 37.1 Å². The van der Waals surface area contributed by atoms with Gasteiger partial charge in [0.05, 0.1) is 10.0 Å². The van der Waals surface area contributed by atoms with Crippen LogP contribution in [0.2, 0.25) is 15.2 Å². The fraction of sp³-hybridized carbons (Fsp3) is 0.231. The van der Waals surface area contributed by atoms with Gasteiger partial charge in [-0.1, -0.05) is 41.7 Å². The van der Waals surface area contributed by atoms with E-state index in [2.05, 4.69) is 25.9 Å². The third-order valence-electron chi connectivity index (χ3n) is 2.38. The Morgan fingerprint density at radius 2 is 1.85 bits per heavy atom. The van der Waals surface area contributed by atoms with Crippen LogP contribution >= 0.6 is 50.7 Å². The lowest BCUT2D eigenvalue weighted by molar-refractivity contribution is 0.458. The number of hydrogen-bond donors (Lipinski definition) is 0. The van der Waals surface area contributed by atoms with Crippen molar-refractivity contribution in [1.29, 1.82) is 0 Å². The average Bonchev–Trinajstić information content (AvgIpc) is 2.35. The molecule has 0 aliphatic carbocycles. The van der Waals surface area contributed by atoms with Gasteiger partial charge in [0.15, 0.2) is 0 Å². The zero-order valence-corrected chi connectivity index (χ0v) is 14.3. The zero-order valence-electron chi connectivity index (χ0n) is 10.5. The van der Waals surface area contributed by atoms with E-state index >= 15 is 0 Å². The number of nitrogens with zero attached hydrogens (tertiary/aromatic N) is 2. The van der Waals surface area contributed by atoms with Crippen molar-refractivity contribution in [3.8, 4) is 11.6 Å². The molecule has 7 heteroatoms. The lowest BCUT2D eigenvalue weighted by atomic mass is 10.3. The molecule has 0 bridgehead atoms. The minimum Gasteiger partial charge on any atom is -0.437 e. The summed E-state index contributed by atoms with van der Waals surface area (Å²) in [7, 11) is 0. The van der Waals surface area contributed by atoms with Gasteiger partial charge in [0.1, 0.15) is 16.7 Å². The lowest BCUT2D eigenvalue weighted by Gasteiger charge is -2.09. The van der Waals surface area contributed by atoms with E-state index in [0.717, 1.165) is 12.8 Å². The lowest BCUT2D eigenvalue weighted by Crippen LogP contribution is -1.98. The van der Waals surface area contributed by atoms with Gasteiger partial charge in [-0.15, -0.1) is 0 Å². The van der Waals surface area contributed by atoms with Crippen LogP contribution in [-0.2, 0) is 6.42 Å². The molecule has 0 fully saturated rings. The first-order valence-corrected chi connectivity index (χ1v) is 7.78. The molecule has 0 atom stereocenters. The number of halogens is 4. The first-order valence-electron chi connectivity index (χ1n) is 5.85. The first kappa shape index (κ1) is 15.8. The van der Waals surface area contributed by atoms with Crippen molar-refractivity contribution in [2.24, 2.45) is 0 Å². The maximum absolute atomic E-state index is 6.10. The largest absolute Gasteiger partial charge is 0.437 e. The highest BCUT2D eigenvalue weighted by Crippen LogP contribution is 2.36. The third kappa shape index (κ3) is 3.98. The van der Waals surface area contributed by atoms with Crippen LogP contribution in [0.5, 0.6) is 11.6 Å². The number of aromatic nitrogens is 2. The maximum atomic E-state index is 6.10. The molecule has 2 rings (SSSR count). The smallest absolute Gasteiger partial charge is 0.224 e. The standard InChI is InChI=1S/C13H10BrCl3N2O/c1-2-3-12-18-11(17)6-13(19-12)20-10-5-8(15)7(14)4-9(10)16/h4-6H,2-3H2,1H3. The topological polar surface area (TPSA) is 35.0 Å². The second-order valence-electron chi connectivity index (χ2n) is 3.99. The van der Waals surface area contributed by atoms with Crippen molar-refractivity contribution in [2.75, 3.05) is 0 Å². The second kappa shape index (κ2) is 6.94. The Balaban J connectivity index is 2.32. The Bertz CT molecular complexity index is 637.